The summed E-state index contributed by atoms with van der Waals surface area (Å²) in [5, 5.41) is 112. The lowest BCUT2D eigenvalue weighted by molar-refractivity contribution is -0.353. The first-order valence-electron chi connectivity index (χ1n) is 12.7. The fraction of sp³-hybridized carbons (Fsp3) is 0.462. The summed E-state index contributed by atoms with van der Waals surface area (Å²) in [5.41, 5.74) is 0.125. The van der Waals surface area contributed by atoms with E-state index < -0.39 is 97.6 Å². The second-order valence-corrected chi connectivity index (χ2v) is 10.1. The smallest absolute Gasteiger partial charge is 0.270 e. The molecule has 2 aromatic rings. The largest absolute Gasteiger partial charge is 0.571 e. The molecule has 0 radical (unpaired) electrons. The van der Waals surface area contributed by atoms with Gasteiger partial charge in [-0.3, -0.25) is 0 Å². The van der Waals surface area contributed by atoms with Crippen LogP contribution in [0.1, 0.15) is 17.2 Å². The molecule has 2 fully saturated rings. The van der Waals surface area contributed by atoms with Gasteiger partial charge in [-0.2, -0.15) is 0 Å². The molecule has 0 spiro atoms. The molecule has 2 aromatic carbocycles. The normalized spacial score (nSPS) is 34.7. The molecule has 0 aliphatic carbocycles. The predicted molar refractivity (Wildman–Crippen MR) is 135 cm³/mol. The highest BCUT2D eigenvalue weighted by atomic mass is 16.8. The van der Waals surface area contributed by atoms with Crippen LogP contribution in [0.25, 0.3) is 6.08 Å². The Morgan fingerprint density at radius 2 is 1.50 bits per heavy atom. The van der Waals surface area contributed by atoms with Gasteiger partial charge in [0.15, 0.2) is 35.4 Å². The van der Waals surface area contributed by atoms with E-state index in [1.54, 1.807) is 0 Å². The predicted octanol–water partition coefficient (Wildman–Crippen LogP) is -2.17. The van der Waals surface area contributed by atoms with Crippen molar-refractivity contribution in [3.05, 3.63) is 41.2 Å². The Morgan fingerprint density at radius 3 is 2.17 bits per heavy atom. The van der Waals surface area contributed by atoms with Gasteiger partial charge in [0.1, 0.15) is 53.7 Å². The Morgan fingerprint density at radius 1 is 0.810 bits per heavy atom. The van der Waals surface area contributed by atoms with Crippen LogP contribution in [0.5, 0.6) is 34.5 Å². The molecule has 10 atom stereocenters. The van der Waals surface area contributed by atoms with Crippen molar-refractivity contribution in [2.45, 2.75) is 61.4 Å². The number of phenolic OH excluding ortho intramolecular Hbond substituents is 5. The van der Waals surface area contributed by atoms with Gasteiger partial charge in [0.05, 0.1) is 24.8 Å². The average Bonchev–Trinajstić information content (AvgIpc) is 2.95. The summed E-state index contributed by atoms with van der Waals surface area (Å²) in [6, 6.07) is 4.39. The Balaban J connectivity index is 1.53. The summed E-state index contributed by atoms with van der Waals surface area (Å²) in [7, 11) is 0. The number of aromatic hydroxyl groups is 6. The number of aliphatic hydroxyl groups is 7. The Kier molecular flexibility index (Phi) is 8.26. The molecule has 2 saturated heterocycles. The SMILES string of the molecule is OC[C@@H]1O[C@@H](OC2=Cc3c(O)cc(O)cc3[OH+]C2c2cc(O)c(O)c(O)c2)[C@H](O[C@@H]2OC[C@H](O)[C@H](O)[C@@H]2O)[C@H](O)[C@H]1O. The zero-order valence-electron chi connectivity index (χ0n) is 21.6. The highest BCUT2D eigenvalue weighted by Crippen LogP contribution is 2.47. The number of hydrogen-bond acceptors (Lipinski definition) is 15. The van der Waals surface area contributed by atoms with Crippen molar-refractivity contribution in [3.8, 4) is 34.5 Å². The second-order valence-electron chi connectivity index (χ2n) is 10.1. The fourth-order valence-corrected chi connectivity index (χ4v) is 4.89. The minimum atomic E-state index is -1.82. The van der Waals surface area contributed by atoms with Crippen LogP contribution in [0.4, 0.5) is 0 Å². The first-order valence-corrected chi connectivity index (χ1v) is 12.7. The molecule has 16 heteroatoms. The van der Waals surface area contributed by atoms with E-state index in [-0.39, 0.29) is 28.4 Å². The molecule has 5 rings (SSSR count). The number of ether oxygens (including phenoxy) is 5. The fourth-order valence-electron chi connectivity index (χ4n) is 4.89. The molecule has 3 heterocycles. The van der Waals surface area contributed by atoms with E-state index in [1.165, 1.54) is 12.1 Å². The van der Waals surface area contributed by atoms with Crippen LogP contribution in [0.2, 0.25) is 0 Å². The van der Waals surface area contributed by atoms with Crippen molar-refractivity contribution in [3.63, 3.8) is 0 Å². The first-order chi connectivity index (χ1) is 19.9. The average molecular weight is 600 g/mol. The first kappa shape index (κ1) is 29.9. The van der Waals surface area contributed by atoms with Crippen molar-refractivity contribution < 1.29 is 79.9 Å². The minimum Gasteiger partial charge on any atom is -0.571 e. The van der Waals surface area contributed by atoms with Gasteiger partial charge < -0.3 is 79.9 Å². The van der Waals surface area contributed by atoms with Crippen molar-refractivity contribution in [2.24, 2.45) is 0 Å². The maximum atomic E-state index is 10.9. The molecular weight excluding hydrogens is 568 g/mol. The summed E-state index contributed by atoms with van der Waals surface area (Å²) in [6.45, 7) is -1.21. The number of aliphatic hydroxyl groups excluding tert-OH is 6. The monoisotopic (exact) mass is 599 g/mol. The molecule has 0 aromatic heterocycles. The molecular formula is C26H31O16+. The maximum Gasteiger partial charge on any atom is 0.270 e. The van der Waals surface area contributed by atoms with Gasteiger partial charge in [-0.25, -0.2) is 0 Å². The molecule has 3 aliphatic rings. The van der Waals surface area contributed by atoms with Gasteiger partial charge in [-0.05, 0) is 12.1 Å². The van der Waals surface area contributed by atoms with Crippen LogP contribution in [0.3, 0.4) is 0 Å². The number of phenols is 5. The highest BCUT2D eigenvalue weighted by Gasteiger charge is 2.51. The number of benzene rings is 2. The number of fused-ring (bicyclic) bond motifs is 1. The van der Waals surface area contributed by atoms with E-state index in [1.807, 2.05) is 0 Å². The molecule has 12 N–H and O–H groups in total. The molecule has 1 unspecified atom stereocenters. The Labute approximate surface area is 236 Å². The van der Waals surface area contributed by atoms with Gasteiger partial charge in [0.25, 0.3) is 11.9 Å². The third-order valence-corrected chi connectivity index (χ3v) is 7.18. The van der Waals surface area contributed by atoms with Crippen molar-refractivity contribution >= 4 is 6.08 Å². The zero-order chi connectivity index (χ0) is 30.5. The Bertz CT molecular complexity index is 1310. The van der Waals surface area contributed by atoms with Gasteiger partial charge in [-0.15, -0.1) is 0 Å². The van der Waals surface area contributed by atoms with E-state index in [0.29, 0.717) is 0 Å². The van der Waals surface area contributed by atoms with Gasteiger partial charge in [0.2, 0.25) is 6.29 Å². The third-order valence-electron chi connectivity index (χ3n) is 7.18. The quantitative estimate of drug-likeness (QED) is 0.125. The summed E-state index contributed by atoms with van der Waals surface area (Å²) < 4.78 is 27.0. The standard InChI is InChI=1S/C26H30O16/c27-6-17-20(35)21(36)24(42-25-22(37)19(34)14(32)7-38-25)26(41-17)40-16-5-10-11(29)3-9(28)4-15(10)39-23(16)8-1-12(30)18(33)13(31)2-8/h1-5,14,17,19-37H,6-7H2/p+1/t14-,17-,19-,20-,21+,22-,23?,24+,25-,26+/m0/s1. The van der Waals surface area contributed by atoms with E-state index in [4.69, 9.17) is 18.9 Å². The molecule has 0 bridgehead atoms. The third kappa shape index (κ3) is 5.47. The summed E-state index contributed by atoms with van der Waals surface area (Å²) >= 11 is 0. The molecule has 0 saturated carbocycles. The Hall–Kier alpha value is -3.58. The number of hydrogen-bond donors (Lipinski definition) is 11. The lowest BCUT2D eigenvalue weighted by Crippen LogP contribution is -2.63. The van der Waals surface area contributed by atoms with Crippen LogP contribution < -0.4 is 0 Å². The van der Waals surface area contributed by atoms with Gasteiger partial charge >= 0.3 is 0 Å². The van der Waals surface area contributed by atoms with Crippen LogP contribution in [-0.2, 0) is 18.9 Å². The molecule has 16 nitrogen and oxygen atoms in total. The number of rotatable bonds is 6. The molecule has 0 amide bonds. The van der Waals surface area contributed by atoms with Crippen molar-refractivity contribution in [2.75, 3.05) is 13.2 Å². The molecule has 3 aliphatic heterocycles. The van der Waals surface area contributed by atoms with E-state index in [2.05, 4.69) is 4.74 Å². The van der Waals surface area contributed by atoms with Gasteiger partial charge in [-0.1, -0.05) is 0 Å². The van der Waals surface area contributed by atoms with Crippen molar-refractivity contribution in [1.82, 2.24) is 0 Å². The minimum absolute atomic E-state index is 0.0539. The van der Waals surface area contributed by atoms with Gasteiger partial charge in [0, 0.05) is 12.1 Å². The van der Waals surface area contributed by atoms with Crippen LogP contribution in [0.15, 0.2) is 30.0 Å². The van der Waals surface area contributed by atoms with E-state index in [9.17, 15) is 56.2 Å². The lowest BCUT2D eigenvalue weighted by atomic mass is 9.97. The zero-order valence-corrected chi connectivity index (χ0v) is 21.6. The topological polar surface area (TPSA) is 272 Å². The van der Waals surface area contributed by atoms with Crippen molar-refractivity contribution in [1.29, 1.82) is 0 Å². The van der Waals surface area contributed by atoms with Crippen LogP contribution in [-0.4, -0.2) is 129 Å². The highest BCUT2D eigenvalue weighted by molar-refractivity contribution is 5.69. The summed E-state index contributed by atoms with van der Waals surface area (Å²) in [5.74, 6) is -3.03. The second kappa shape index (κ2) is 11.6. The molecule has 230 valence electrons. The van der Waals surface area contributed by atoms with E-state index >= 15 is 0 Å². The maximum absolute atomic E-state index is 10.9. The lowest BCUT2D eigenvalue weighted by Gasteiger charge is -2.45. The van der Waals surface area contributed by atoms with E-state index in [0.717, 1.165) is 18.2 Å². The summed E-state index contributed by atoms with van der Waals surface area (Å²) in [6.07, 6.45) is -14.8. The molecule has 42 heavy (non-hydrogen) atoms. The van der Waals surface area contributed by atoms with Crippen LogP contribution in [0, 0.1) is 0 Å². The summed E-state index contributed by atoms with van der Waals surface area (Å²) in [4.78, 5) is 0. The van der Waals surface area contributed by atoms with Crippen LogP contribution >= 0.6 is 0 Å².